The summed E-state index contributed by atoms with van der Waals surface area (Å²) in [6.45, 7) is 1.77. The lowest BCUT2D eigenvalue weighted by atomic mass is 9.96. The third-order valence-electron chi connectivity index (χ3n) is 14.7. The molecule has 3 heterocycles. The third-order valence-corrected chi connectivity index (χ3v) is 14.7. The van der Waals surface area contributed by atoms with Crippen LogP contribution in [0.2, 0.25) is 0 Å². The standard InChI is InChI=1S/C53H101NO18/c1-3-5-7-9-11-13-15-16-17-18-19-20-21-22-24-26-28-30-37(58)36(54-41(59)31-29-27-25-23-14-12-10-8-6-4-2)35-67-51-47(65)44(62)49(39(33-56)69-51)72-53-48(66)45(63)50(40(34-57)70-53)71-52-46(64)43(61)42(60)38(32-55)68-52/h36-40,42-53,55-58,60-66H,3-35H2,1-2H3,(H,54,59). The number of ether oxygens (including phenoxy) is 6. The Hall–Kier alpha value is -1.21. The highest BCUT2D eigenvalue weighted by Gasteiger charge is 2.53. The van der Waals surface area contributed by atoms with Crippen molar-refractivity contribution >= 4 is 5.91 Å². The first-order valence-electron chi connectivity index (χ1n) is 28.3. The molecule has 3 rings (SSSR count). The Labute approximate surface area is 430 Å². The Morgan fingerprint density at radius 2 is 0.792 bits per heavy atom. The van der Waals surface area contributed by atoms with Crippen LogP contribution in [-0.2, 0) is 33.2 Å². The van der Waals surface area contributed by atoms with E-state index in [1.165, 1.54) is 122 Å². The third kappa shape index (κ3) is 23.2. The van der Waals surface area contributed by atoms with Gasteiger partial charge in [0.2, 0.25) is 5.91 Å². The largest absolute Gasteiger partial charge is 0.394 e. The first-order chi connectivity index (χ1) is 34.8. The van der Waals surface area contributed by atoms with Crippen LogP contribution in [-0.4, -0.2) is 193 Å². The first kappa shape index (κ1) is 65.1. The van der Waals surface area contributed by atoms with Crippen LogP contribution in [0.1, 0.15) is 200 Å². The van der Waals surface area contributed by atoms with Crippen molar-refractivity contribution in [3.63, 3.8) is 0 Å². The van der Waals surface area contributed by atoms with E-state index in [1.807, 2.05) is 0 Å². The van der Waals surface area contributed by atoms with Crippen molar-refractivity contribution in [1.82, 2.24) is 5.32 Å². The van der Waals surface area contributed by atoms with Gasteiger partial charge in [-0.2, -0.15) is 0 Å². The molecule has 12 N–H and O–H groups in total. The molecule has 0 saturated carbocycles. The highest BCUT2D eigenvalue weighted by Crippen LogP contribution is 2.33. The number of amides is 1. The Morgan fingerprint density at radius 1 is 0.444 bits per heavy atom. The van der Waals surface area contributed by atoms with E-state index in [1.54, 1.807) is 0 Å². The fourth-order valence-electron chi connectivity index (χ4n) is 9.96. The number of nitrogens with one attached hydrogen (secondary N) is 1. The van der Waals surface area contributed by atoms with Gasteiger partial charge in [0.25, 0.3) is 0 Å². The molecule has 0 aromatic rings. The summed E-state index contributed by atoms with van der Waals surface area (Å²) in [5.41, 5.74) is 0. The molecule has 3 saturated heterocycles. The number of hydrogen-bond acceptors (Lipinski definition) is 18. The van der Waals surface area contributed by atoms with Crippen LogP contribution in [0.15, 0.2) is 0 Å². The van der Waals surface area contributed by atoms with E-state index in [4.69, 9.17) is 28.4 Å². The molecule has 0 aliphatic carbocycles. The molecule has 19 nitrogen and oxygen atoms in total. The van der Waals surface area contributed by atoms with Gasteiger partial charge in [-0.15, -0.1) is 0 Å². The smallest absolute Gasteiger partial charge is 0.220 e. The van der Waals surface area contributed by atoms with Gasteiger partial charge in [0.1, 0.15) is 73.2 Å². The van der Waals surface area contributed by atoms with Crippen LogP contribution in [0.25, 0.3) is 0 Å². The van der Waals surface area contributed by atoms with Crippen LogP contribution >= 0.6 is 0 Å². The van der Waals surface area contributed by atoms with E-state index in [9.17, 15) is 61.0 Å². The summed E-state index contributed by atoms with van der Waals surface area (Å²) in [5, 5.41) is 120. The fraction of sp³-hybridized carbons (Fsp3) is 0.981. The zero-order chi connectivity index (χ0) is 52.7. The van der Waals surface area contributed by atoms with Gasteiger partial charge in [-0.05, 0) is 12.8 Å². The Balaban J connectivity index is 1.51. The van der Waals surface area contributed by atoms with Crippen molar-refractivity contribution in [1.29, 1.82) is 0 Å². The second-order valence-electron chi connectivity index (χ2n) is 20.8. The molecule has 17 atom stereocenters. The molecule has 3 aliphatic heterocycles. The molecular weight excluding hydrogens is 939 g/mol. The lowest BCUT2D eigenvalue weighted by Gasteiger charge is -2.48. The highest BCUT2D eigenvalue weighted by atomic mass is 16.8. The number of carbonyl (C=O) groups excluding carboxylic acids is 1. The van der Waals surface area contributed by atoms with Gasteiger partial charge >= 0.3 is 0 Å². The summed E-state index contributed by atoms with van der Waals surface area (Å²) in [6.07, 6.45) is 6.32. The van der Waals surface area contributed by atoms with Gasteiger partial charge in [0.15, 0.2) is 18.9 Å². The molecule has 3 fully saturated rings. The van der Waals surface area contributed by atoms with E-state index in [0.717, 1.165) is 44.9 Å². The molecule has 0 radical (unpaired) electrons. The summed E-state index contributed by atoms with van der Waals surface area (Å²) in [5.74, 6) is -0.244. The van der Waals surface area contributed by atoms with Crippen molar-refractivity contribution in [3.05, 3.63) is 0 Å². The molecule has 3 aliphatic rings. The van der Waals surface area contributed by atoms with E-state index in [-0.39, 0.29) is 18.9 Å². The number of rotatable bonds is 41. The van der Waals surface area contributed by atoms with Crippen LogP contribution < -0.4 is 5.32 Å². The molecule has 0 aromatic heterocycles. The van der Waals surface area contributed by atoms with Gasteiger partial charge in [-0.25, -0.2) is 0 Å². The van der Waals surface area contributed by atoms with E-state index in [0.29, 0.717) is 12.8 Å². The van der Waals surface area contributed by atoms with Gasteiger partial charge in [0, 0.05) is 6.42 Å². The second-order valence-corrected chi connectivity index (χ2v) is 20.8. The molecule has 19 heteroatoms. The quantitative estimate of drug-likeness (QED) is 0.0389. The van der Waals surface area contributed by atoms with Crippen molar-refractivity contribution < 1.29 is 89.4 Å². The van der Waals surface area contributed by atoms with Gasteiger partial charge in [-0.3, -0.25) is 4.79 Å². The van der Waals surface area contributed by atoms with Crippen molar-refractivity contribution in [2.45, 2.75) is 304 Å². The highest BCUT2D eigenvalue weighted by molar-refractivity contribution is 5.76. The fourth-order valence-corrected chi connectivity index (χ4v) is 9.96. The average molecular weight is 1040 g/mol. The Bertz CT molecular complexity index is 1340. The molecular formula is C53H101NO18. The SMILES string of the molecule is CCCCCCCCCCCCCCCCCCCC(O)C(COC1OC(CO)C(OC2OC(CO)C(OC3OC(CO)C(O)C(O)C3O)C(O)C2O)C(O)C1O)NC(=O)CCCCCCCCCCCC. The molecule has 0 bridgehead atoms. The Morgan fingerprint density at radius 3 is 1.21 bits per heavy atom. The van der Waals surface area contributed by atoms with Gasteiger partial charge < -0.3 is 89.9 Å². The first-order valence-corrected chi connectivity index (χ1v) is 28.3. The number of hydrogen-bond donors (Lipinski definition) is 12. The minimum atomic E-state index is -1.97. The van der Waals surface area contributed by atoms with E-state index < -0.39 is 124 Å². The van der Waals surface area contributed by atoms with Crippen molar-refractivity contribution in [2.75, 3.05) is 26.4 Å². The molecule has 426 valence electrons. The normalized spacial score (nSPS) is 31.9. The average Bonchev–Trinajstić information content (AvgIpc) is 3.37. The Kier molecular flexibility index (Phi) is 34.7. The lowest BCUT2D eigenvalue weighted by Crippen LogP contribution is -2.66. The summed E-state index contributed by atoms with van der Waals surface area (Å²) >= 11 is 0. The molecule has 72 heavy (non-hydrogen) atoms. The maximum absolute atomic E-state index is 13.2. The lowest BCUT2D eigenvalue weighted by molar-refractivity contribution is -0.379. The van der Waals surface area contributed by atoms with E-state index >= 15 is 0 Å². The van der Waals surface area contributed by atoms with Gasteiger partial charge in [-0.1, -0.05) is 181 Å². The van der Waals surface area contributed by atoms with Gasteiger partial charge in [0.05, 0.1) is 38.6 Å². The predicted octanol–water partition coefficient (Wildman–Crippen LogP) is 3.65. The van der Waals surface area contributed by atoms with E-state index in [2.05, 4.69) is 19.2 Å². The molecule has 0 aromatic carbocycles. The number of aliphatic hydroxyl groups excluding tert-OH is 11. The van der Waals surface area contributed by atoms with Crippen molar-refractivity contribution in [2.24, 2.45) is 0 Å². The monoisotopic (exact) mass is 1040 g/mol. The topological polar surface area (TPSA) is 307 Å². The minimum absolute atomic E-state index is 0.244. The van der Waals surface area contributed by atoms with Crippen LogP contribution in [0.4, 0.5) is 0 Å². The van der Waals surface area contributed by atoms with Crippen LogP contribution in [0.3, 0.4) is 0 Å². The minimum Gasteiger partial charge on any atom is -0.394 e. The number of unbranched alkanes of at least 4 members (excludes halogenated alkanes) is 25. The molecule has 17 unspecified atom stereocenters. The molecule has 0 spiro atoms. The second kappa shape index (κ2) is 38.4. The zero-order valence-electron chi connectivity index (χ0n) is 43.9. The zero-order valence-corrected chi connectivity index (χ0v) is 43.9. The summed E-state index contributed by atoms with van der Waals surface area (Å²) in [7, 11) is 0. The number of carbonyl (C=O) groups is 1. The maximum Gasteiger partial charge on any atom is 0.220 e. The van der Waals surface area contributed by atoms with Crippen LogP contribution in [0, 0.1) is 0 Å². The van der Waals surface area contributed by atoms with Crippen LogP contribution in [0.5, 0.6) is 0 Å². The predicted molar refractivity (Wildman–Crippen MR) is 268 cm³/mol. The van der Waals surface area contributed by atoms with Crippen molar-refractivity contribution in [3.8, 4) is 0 Å². The summed E-state index contributed by atoms with van der Waals surface area (Å²) in [4.78, 5) is 13.2. The summed E-state index contributed by atoms with van der Waals surface area (Å²) in [6, 6.07) is -0.878. The number of aliphatic hydroxyl groups is 11. The summed E-state index contributed by atoms with van der Waals surface area (Å²) < 4.78 is 34.2. The maximum atomic E-state index is 13.2. The molecule has 1 amide bonds.